The minimum Gasteiger partial charge on any atom is -0.478 e. The lowest BCUT2D eigenvalue weighted by atomic mass is 10.1. The van der Waals surface area contributed by atoms with Gasteiger partial charge < -0.3 is 10.4 Å². The van der Waals surface area contributed by atoms with Crippen molar-refractivity contribution in [2.45, 2.75) is 25.6 Å². The number of hydrogen-bond acceptors (Lipinski definition) is 2. The smallest absolute Gasteiger partial charge is 0.417 e. The third-order valence-corrected chi connectivity index (χ3v) is 2.51. The third-order valence-electron chi connectivity index (χ3n) is 2.51. The molecule has 0 heterocycles. The molecule has 1 rings (SSSR count). The number of carbonyl (C=O) groups is 1. The zero-order valence-corrected chi connectivity index (χ0v) is 10.1. The van der Waals surface area contributed by atoms with Gasteiger partial charge in [0.05, 0.1) is 17.2 Å². The summed E-state index contributed by atoms with van der Waals surface area (Å²) in [5, 5.41) is 11.6. The zero-order valence-electron chi connectivity index (χ0n) is 10.1. The van der Waals surface area contributed by atoms with E-state index in [1.807, 2.05) is 0 Å². The molecular weight excluding hydrogens is 259 g/mol. The second-order valence-corrected chi connectivity index (χ2v) is 3.84. The number of nitrogens with one attached hydrogen (secondary N) is 1. The second-order valence-electron chi connectivity index (χ2n) is 3.84. The number of hydrogen-bond donors (Lipinski definition) is 2. The molecule has 0 fully saturated rings. The summed E-state index contributed by atoms with van der Waals surface area (Å²) in [6.45, 7) is 1.81. The van der Waals surface area contributed by atoms with Gasteiger partial charge >= 0.3 is 12.1 Å². The molecule has 0 aromatic heterocycles. The van der Waals surface area contributed by atoms with E-state index in [2.05, 4.69) is 11.2 Å². The van der Waals surface area contributed by atoms with Gasteiger partial charge in [-0.15, -0.1) is 6.42 Å². The predicted octanol–water partition coefficient (Wildman–Crippen LogP) is 3.23. The van der Waals surface area contributed by atoms with Gasteiger partial charge in [-0.05, 0) is 24.6 Å². The average molecular weight is 271 g/mol. The molecule has 0 saturated heterocycles. The molecule has 0 amide bonds. The van der Waals surface area contributed by atoms with Crippen LogP contribution in [-0.2, 0) is 6.18 Å². The molecule has 1 unspecified atom stereocenters. The van der Waals surface area contributed by atoms with Crippen LogP contribution in [-0.4, -0.2) is 17.1 Å². The quantitative estimate of drug-likeness (QED) is 0.827. The largest absolute Gasteiger partial charge is 0.478 e. The van der Waals surface area contributed by atoms with E-state index in [-0.39, 0.29) is 11.7 Å². The highest BCUT2D eigenvalue weighted by molar-refractivity contribution is 5.91. The Morgan fingerprint density at radius 3 is 2.58 bits per heavy atom. The highest BCUT2D eigenvalue weighted by Crippen LogP contribution is 2.33. The van der Waals surface area contributed by atoms with Crippen molar-refractivity contribution in [3.05, 3.63) is 29.3 Å². The first-order valence-corrected chi connectivity index (χ1v) is 5.46. The molecule has 6 heteroatoms. The number of carboxylic acids is 1. The number of terminal acetylenes is 1. The summed E-state index contributed by atoms with van der Waals surface area (Å²) in [4.78, 5) is 10.9. The van der Waals surface area contributed by atoms with E-state index in [1.165, 1.54) is 0 Å². The molecule has 3 nitrogen and oxygen atoms in total. The maximum atomic E-state index is 12.6. The summed E-state index contributed by atoms with van der Waals surface area (Å²) in [7, 11) is 0. The topological polar surface area (TPSA) is 49.3 Å². The van der Waals surface area contributed by atoms with Crippen molar-refractivity contribution < 1.29 is 23.1 Å². The number of aromatic carboxylic acids is 1. The number of rotatable bonds is 4. The van der Waals surface area contributed by atoms with Gasteiger partial charge in [0.25, 0.3) is 0 Å². The van der Waals surface area contributed by atoms with Crippen molar-refractivity contribution >= 4 is 11.7 Å². The lowest BCUT2D eigenvalue weighted by Crippen LogP contribution is -2.18. The first-order valence-electron chi connectivity index (χ1n) is 5.46. The van der Waals surface area contributed by atoms with Gasteiger partial charge in [-0.25, -0.2) is 4.79 Å². The standard InChI is InChI=1S/C13H12F3NO2/c1-3-8(4-2)17-9-5-6-11(13(14,15)16)10(7-9)12(18)19/h1,5-8,17H,4H2,2H3,(H,18,19). The minimum atomic E-state index is -4.71. The van der Waals surface area contributed by atoms with Crippen LogP contribution in [0.4, 0.5) is 18.9 Å². The van der Waals surface area contributed by atoms with Gasteiger partial charge in [-0.1, -0.05) is 12.8 Å². The average Bonchev–Trinajstić information content (AvgIpc) is 2.34. The molecule has 0 aliphatic carbocycles. The zero-order chi connectivity index (χ0) is 14.6. The Hall–Kier alpha value is -2.16. The van der Waals surface area contributed by atoms with E-state index in [0.717, 1.165) is 18.2 Å². The first kappa shape index (κ1) is 14.9. The van der Waals surface area contributed by atoms with Gasteiger partial charge in [0, 0.05) is 5.69 Å². The number of alkyl halides is 3. The van der Waals surface area contributed by atoms with Gasteiger partial charge in [-0.3, -0.25) is 0 Å². The number of halogens is 3. The van der Waals surface area contributed by atoms with Crippen molar-refractivity contribution in [3.8, 4) is 12.3 Å². The fourth-order valence-corrected chi connectivity index (χ4v) is 1.52. The van der Waals surface area contributed by atoms with Crippen molar-refractivity contribution in [3.63, 3.8) is 0 Å². The van der Waals surface area contributed by atoms with Gasteiger partial charge in [0.1, 0.15) is 0 Å². The molecule has 19 heavy (non-hydrogen) atoms. The second kappa shape index (κ2) is 5.65. The molecular formula is C13H12F3NO2. The lowest BCUT2D eigenvalue weighted by Gasteiger charge is -2.15. The number of anilines is 1. The fourth-order valence-electron chi connectivity index (χ4n) is 1.52. The molecule has 0 radical (unpaired) electrons. The Morgan fingerprint density at radius 2 is 2.16 bits per heavy atom. The van der Waals surface area contributed by atoms with Crippen molar-refractivity contribution in [2.24, 2.45) is 0 Å². The summed E-state index contributed by atoms with van der Waals surface area (Å²) in [6.07, 6.45) is 1.08. The summed E-state index contributed by atoms with van der Waals surface area (Å²) >= 11 is 0. The molecule has 102 valence electrons. The fraction of sp³-hybridized carbons (Fsp3) is 0.308. The molecule has 0 aliphatic rings. The SMILES string of the molecule is C#CC(CC)Nc1ccc(C(F)(F)F)c(C(=O)O)c1. The molecule has 0 saturated carbocycles. The van der Waals surface area contributed by atoms with Crippen molar-refractivity contribution in [1.29, 1.82) is 0 Å². The van der Waals surface area contributed by atoms with Crippen LogP contribution < -0.4 is 5.32 Å². The third kappa shape index (κ3) is 3.65. The Balaban J connectivity index is 3.18. The monoisotopic (exact) mass is 271 g/mol. The Labute approximate surface area is 108 Å². The van der Waals surface area contributed by atoms with E-state index in [1.54, 1.807) is 6.92 Å². The molecule has 0 spiro atoms. The molecule has 0 bridgehead atoms. The lowest BCUT2D eigenvalue weighted by molar-refractivity contribution is -0.138. The summed E-state index contributed by atoms with van der Waals surface area (Å²) < 4.78 is 37.9. The van der Waals surface area contributed by atoms with Crippen LogP contribution in [0.1, 0.15) is 29.3 Å². The van der Waals surface area contributed by atoms with Crippen molar-refractivity contribution in [2.75, 3.05) is 5.32 Å². The molecule has 1 aromatic carbocycles. The van der Waals surface area contributed by atoms with Crippen LogP contribution in [0.2, 0.25) is 0 Å². The maximum absolute atomic E-state index is 12.6. The Morgan fingerprint density at radius 1 is 1.53 bits per heavy atom. The van der Waals surface area contributed by atoms with E-state index in [9.17, 15) is 18.0 Å². The molecule has 1 aromatic rings. The predicted molar refractivity (Wildman–Crippen MR) is 64.9 cm³/mol. The van der Waals surface area contributed by atoms with Crippen molar-refractivity contribution in [1.82, 2.24) is 0 Å². The summed E-state index contributed by atoms with van der Waals surface area (Å²) in [6, 6.07) is 2.47. The Kier molecular flexibility index (Phi) is 4.43. The molecule has 1 atom stereocenters. The van der Waals surface area contributed by atoms with Crippen LogP contribution in [0, 0.1) is 12.3 Å². The summed E-state index contributed by atoms with van der Waals surface area (Å²) in [5.41, 5.74) is -1.74. The normalized spacial score (nSPS) is 12.6. The highest BCUT2D eigenvalue weighted by atomic mass is 19.4. The van der Waals surface area contributed by atoms with E-state index in [0.29, 0.717) is 6.42 Å². The Bertz CT molecular complexity index is 518. The number of benzene rings is 1. The van der Waals surface area contributed by atoms with E-state index >= 15 is 0 Å². The van der Waals surface area contributed by atoms with Crippen LogP contribution in [0.5, 0.6) is 0 Å². The van der Waals surface area contributed by atoms with E-state index in [4.69, 9.17) is 11.5 Å². The van der Waals surface area contributed by atoms with E-state index < -0.39 is 23.3 Å². The summed E-state index contributed by atoms with van der Waals surface area (Å²) in [5.74, 6) is 0.778. The molecule has 0 aliphatic heterocycles. The molecule has 2 N–H and O–H groups in total. The van der Waals surface area contributed by atoms with Crippen LogP contribution >= 0.6 is 0 Å². The number of carboxylic acid groups (broad SMARTS) is 1. The van der Waals surface area contributed by atoms with Gasteiger partial charge in [-0.2, -0.15) is 13.2 Å². The van der Waals surface area contributed by atoms with Crippen LogP contribution in [0.25, 0.3) is 0 Å². The van der Waals surface area contributed by atoms with Crippen LogP contribution in [0.3, 0.4) is 0 Å². The van der Waals surface area contributed by atoms with Crippen LogP contribution in [0.15, 0.2) is 18.2 Å². The minimum absolute atomic E-state index is 0.246. The first-order chi connectivity index (χ1) is 8.79. The highest BCUT2D eigenvalue weighted by Gasteiger charge is 2.35. The van der Waals surface area contributed by atoms with Gasteiger partial charge in [0.15, 0.2) is 0 Å². The van der Waals surface area contributed by atoms with Gasteiger partial charge in [0.2, 0.25) is 0 Å². The maximum Gasteiger partial charge on any atom is 0.417 e.